The first-order valence-electron chi connectivity index (χ1n) is 5.59. The molecular formula is C13H16N2O. The Morgan fingerprint density at radius 3 is 2.38 bits per heavy atom. The third-order valence-electron chi connectivity index (χ3n) is 2.67. The van der Waals surface area contributed by atoms with Crippen LogP contribution in [0.5, 0.6) is 0 Å². The van der Waals surface area contributed by atoms with Gasteiger partial charge in [-0.25, -0.2) is 0 Å². The maximum absolute atomic E-state index is 5.57. The average molecular weight is 216 g/mol. The standard InChI is InChI=1S/C13H16N2O/c1-3-9-5-7-10(8-6-9)12-11(4-2)16-13(14)15-12/h5-8H,3-4H2,1-2H3,(H2,14,15). The molecule has 0 fully saturated rings. The number of anilines is 1. The lowest BCUT2D eigenvalue weighted by atomic mass is 10.1. The molecule has 3 nitrogen and oxygen atoms in total. The minimum absolute atomic E-state index is 0.242. The largest absolute Gasteiger partial charge is 0.428 e. The number of oxazole rings is 1. The molecule has 16 heavy (non-hydrogen) atoms. The quantitative estimate of drug-likeness (QED) is 0.857. The van der Waals surface area contributed by atoms with Gasteiger partial charge < -0.3 is 10.2 Å². The monoisotopic (exact) mass is 216 g/mol. The Morgan fingerprint density at radius 1 is 1.12 bits per heavy atom. The summed E-state index contributed by atoms with van der Waals surface area (Å²) in [5.74, 6) is 0.849. The molecule has 2 rings (SSSR count). The molecule has 0 amide bonds. The molecule has 0 saturated carbocycles. The van der Waals surface area contributed by atoms with Gasteiger partial charge in [-0.05, 0) is 12.0 Å². The van der Waals surface area contributed by atoms with Gasteiger partial charge in [0.1, 0.15) is 11.5 Å². The third kappa shape index (κ3) is 1.94. The summed E-state index contributed by atoms with van der Waals surface area (Å²) in [5, 5.41) is 0. The number of nitrogens with two attached hydrogens (primary N) is 1. The molecule has 1 heterocycles. The van der Waals surface area contributed by atoms with Crippen molar-refractivity contribution in [3.05, 3.63) is 35.6 Å². The van der Waals surface area contributed by atoms with E-state index in [0.717, 1.165) is 29.9 Å². The molecule has 1 aromatic heterocycles. The van der Waals surface area contributed by atoms with Crippen LogP contribution >= 0.6 is 0 Å². The lowest BCUT2D eigenvalue weighted by molar-refractivity contribution is 0.530. The van der Waals surface area contributed by atoms with E-state index in [1.807, 2.05) is 6.92 Å². The molecule has 0 atom stereocenters. The molecule has 0 spiro atoms. The Hall–Kier alpha value is -1.77. The molecule has 1 aromatic carbocycles. The van der Waals surface area contributed by atoms with Crippen LogP contribution in [0.2, 0.25) is 0 Å². The van der Waals surface area contributed by atoms with Crippen molar-refractivity contribution in [1.82, 2.24) is 4.98 Å². The Kier molecular flexibility index (Phi) is 2.95. The molecule has 0 aliphatic rings. The SMILES string of the molecule is CCc1ccc(-c2nc(N)oc2CC)cc1. The molecule has 0 unspecified atom stereocenters. The summed E-state index contributed by atoms with van der Waals surface area (Å²) in [6.45, 7) is 4.17. The zero-order chi connectivity index (χ0) is 11.5. The number of benzene rings is 1. The molecule has 2 N–H and O–H groups in total. The second-order valence-electron chi connectivity index (χ2n) is 3.73. The van der Waals surface area contributed by atoms with E-state index in [2.05, 4.69) is 36.2 Å². The summed E-state index contributed by atoms with van der Waals surface area (Å²) in [6.07, 6.45) is 1.84. The van der Waals surface area contributed by atoms with Gasteiger partial charge >= 0.3 is 0 Å². The fourth-order valence-corrected chi connectivity index (χ4v) is 1.73. The topological polar surface area (TPSA) is 52.0 Å². The zero-order valence-electron chi connectivity index (χ0n) is 9.66. The fraction of sp³-hybridized carbons (Fsp3) is 0.308. The first kappa shape index (κ1) is 10.7. The highest BCUT2D eigenvalue weighted by Gasteiger charge is 2.11. The maximum Gasteiger partial charge on any atom is 0.292 e. The number of aryl methyl sites for hydroxylation is 2. The lowest BCUT2D eigenvalue weighted by Gasteiger charge is -2.00. The molecule has 2 aromatic rings. The molecule has 0 saturated heterocycles. The fourth-order valence-electron chi connectivity index (χ4n) is 1.73. The summed E-state index contributed by atoms with van der Waals surface area (Å²) in [5.41, 5.74) is 8.82. The minimum atomic E-state index is 0.242. The number of hydrogen-bond donors (Lipinski definition) is 1. The van der Waals surface area contributed by atoms with Crippen LogP contribution in [0.1, 0.15) is 25.2 Å². The van der Waals surface area contributed by atoms with Gasteiger partial charge in [-0.15, -0.1) is 0 Å². The molecule has 0 bridgehead atoms. The predicted molar refractivity (Wildman–Crippen MR) is 65.1 cm³/mol. The second-order valence-corrected chi connectivity index (χ2v) is 3.73. The summed E-state index contributed by atoms with van der Waals surface area (Å²) < 4.78 is 5.34. The highest BCUT2D eigenvalue weighted by atomic mass is 16.4. The van der Waals surface area contributed by atoms with Crippen LogP contribution in [0, 0.1) is 0 Å². The lowest BCUT2D eigenvalue weighted by Crippen LogP contribution is -1.86. The number of rotatable bonds is 3. The Bertz CT molecular complexity index is 471. The van der Waals surface area contributed by atoms with Gasteiger partial charge in [-0.3, -0.25) is 0 Å². The molecule has 0 radical (unpaired) electrons. The Morgan fingerprint density at radius 2 is 1.81 bits per heavy atom. The normalized spacial score (nSPS) is 10.6. The summed E-state index contributed by atoms with van der Waals surface area (Å²) >= 11 is 0. The van der Waals surface area contributed by atoms with Crippen molar-refractivity contribution in [2.75, 3.05) is 5.73 Å². The van der Waals surface area contributed by atoms with E-state index < -0.39 is 0 Å². The van der Waals surface area contributed by atoms with Crippen LogP contribution < -0.4 is 5.73 Å². The Labute approximate surface area is 95.3 Å². The summed E-state index contributed by atoms with van der Waals surface area (Å²) in [6, 6.07) is 8.59. The van der Waals surface area contributed by atoms with Gasteiger partial charge in [0.25, 0.3) is 6.01 Å². The van der Waals surface area contributed by atoms with Crippen molar-refractivity contribution < 1.29 is 4.42 Å². The van der Waals surface area contributed by atoms with Crippen LogP contribution in [0.3, 0.4) is 0 Å². The molecule has 84 valence electrons. The van der Waals surface area contributed by atoms with Crippen molar-refractivity contribution in [1.29, 1.82) is 0 Å². The van der Waals surface area contributed by atoms with Crippen LogP contribution in [0.4, 0.5) is 6.01 Å². The first-order valence-corrected chi connectivity index (χ1v) is 5.59. The van der Waals surface area contributed by atoms with Crippen molar-refractivity contribution in [3.8, 4) is 11.3 Å². The van der Waals surface area contributed by atoms with E-state index in [1.165, 1.54) is 5.56 Å². The molecule has 3 heteroatoms. The van der Waals surface area contributed by atoms with Gasteiger partial charge in [-0.1, -0.05) is 38.1 Å². The average Bonchev–Trinajstić information content (AvgIpc) is 2.70. The molecule has 0 aliphatic heterocycles. The van der Waals surface area contributed by atoms with E-state index >= 15 is 0 Å². The van der Waals surface area contributed by atoms with Crippen molar-refractivity contribution in [3.63, 3.8) is 0 Å². The van der Waals surface area contributed by atoms with Gasteiger partial charge in [0.05, 0.1) is 0 Å². The van der Waals surface area contributed by atoms with E-state index in [9.17, 15) is 0 Å². The van der Waals surface area contributed by atoms with Crippen molar-refractivity contribution in [2.45, 2.75) is 26.7 Å². The molecular weight excluding hydrogens is 200 g/mol. The van der Waals surface area contributed by atoms with Crippen LogP contribution in [-0.2, 0) is 12.8 Å². The zero-order valence-corrected chi connectivity index (χ0v) is 9.66. The highest BCUT2D eigenvalue weighted by molar-refractivity contribution is 5.62. The minimum Gasteiger partial charge on any atom is -0.428 e. The van der Waals surface area contributed by atoms with E-state index in [1.54, 1.807) is 0 Å². The van der Waals surface area contributed by atoms with Gasteiger partial charge in [0.15, 0.2) is 0 Å². The molecule has 0 aliphatic carbocycles. The number of nitrogens with zero attached hydrogens (tertiary/aromatic N) is 1. The van der Waals surface area contributed by atoms with Crippen LogP contribution in [0.25, 0.3) is 11.3 Å². The first-order chi connectivity index (χ1) is 7.74. The summed E-state index contributed by atoms with van der Waals surface area (Å²) in [7, 11) is 0. The maximum atomic E-state index is 5.57. The number of hydrogen-bond acceptors (Lipinski definition) is 3. The van der Waals surface area contributed by atoms with E-state index in [-0.39, 0.29) is 6.01 Å². The number of nitrogen functional groups attached to an aromatic ring is 1. The second kappa shape index (κ2) is 4.39. The summed E-state index contributed by atoms with van der Waals surface area (Å²) in [4.78, 5) is 4.22. The van der Waals surface area contributed by atoms with Crippen LogP contribution in [0.15, 0.2) is 28.7 Å². The van der Waals surface area contributed by atoms with E-state index in [0.29, 0.717) is 0 Å². The Balaban J connectivity index is 2.41. The van der Waals surface area contributed by atoms with Crippen molar-refractivity contribution in [2.24, 2.45) is 0 Å². The highest BCUT2D eigenvalue weighted by Crippen LogP contribution is 2.25. The van der Waals surface area contributed by atoms with E-state index in [4.69, 9.17) is 10.2 Å². The van der Waals surface area contributed by atoms with Crippen LogP contribution in [-0.4, -0.2) is 4.98 Å². The van der Waals surface area contributed by atoms with Gasteiger partial charge in [0, 0.05) is 12.0 Å². The predicted octanol–water partition coefficient (Wildman–Crippen LogP) is 3.05. The third-order valence-corrected chi connectivity index (χ3v) is 2.67. The van der Waals surface area contributed by atoms with Gasteiger partial charge in [-0.2, -0.15) is 4.98 Å². The van der Waals surface area contributed by atoms with Crippen molar-refractivity contribution >= 4 is 6.01 Å². The number of aromatic nitrogens is 1. The smallest absolute Gasteiger partial charge is 0.292 e. The van der Waals surface area contributed by atoms with Gasteiger partial charge in [0.2, 0.25) is 0 Å².